The van der Waals surface area contributed by atoms with Gasteiger partial charge in [-0.05, 0) is 26.6 Å². The van der Waals surface area contributed by atoms with Crippen molar-refractivity contribution in [2.45, 2.75) is 24.8 Å². The lowest BCUT2D eigenvalue weighted by molar-refractivity contribution is 0.500. The number of fused-ring (bicyclic) bond motifs is 1. The fourth-order valence-corrected chi connectivity index (χ4v) is 4.16. The van der Waals surface area contributed by atoms with E-state index in [1.807, 2.05) is 31.2 Å². The molecule has 0 bridgehead atoms. The standard InChI is InChI=1S/C16H23N3O2S/c1-12(11-18-10-9-17-3)19-13(2)16(22(4,20)21)14-7-5-6-8-15(14)19/h5-8,12,18H,3,9-11H2,1-2,4H3. The first kappa shape index (κ1) is 16.7. The molecule has 1 atom stereocenters. The zero-order valence-corrected chi connectivity index (χ0v) is 14.2. The summed E-state index contributed by atoms with van der Waals surface area (Å²) in [6, 6.07) is 7.80. The van der Waals surface area contributed by atoms with Crippen LogP contribution in [-0.2, 0) is 9.84 Å². The van der Waals surface area contributed by atoms with Gasteiger partial charge in [-0.15, -0.1) is 0 Å². The maximum atomic E-state index is 12.2. The van der Waals surface area contributed by atoms with Crippen LogP contribution in [0.2, 0.25) is 0 Å². The number of hydrogen-bond donors (Lipinski definition) is 1. The van der Waals surface area contributed by atoms with Crippen LogP contribution in [0, 0.1) is 6.92 Å². The molecular formula is C16H23N3O2S. The Balaban J connectivity index is 2.46. The third-order valence-electron chi connectivity index (χ3n) is 3.80. The molecule has 6 heteroatoms. The molecule has 1 N–H and O–H groups in total. The van der Waals surface area contributed by atoms with Gasteiger partial charge in [-0.1, -0.05) is 18.2 Å². The van der Waals surface area contributed by atoms with Gasteiger partial charge in [0.25, 0.3) is 0 Å². The van der Waals surface area contributed by atoms with Crippen molar-refractivity contribution in [2.24, 2.45) is 4.99 Å². The van der Waals surface area contributed by atoms with Gasteiger partial charge in [0.1, 0.15) is 0 Å². The van der Waals surface area contributed by atoms with E-state index in [4.69, 9.17) is 0 Å². The zero-order valence-electron chi connectivity index (χ0n) is 13.3. The van der Waals surface area contributed by atoms with Crippen LogP contribution in [0.15, 0.2) is 34.2 Å². The largest absolute Gasteiger partial charge is 0.339 e. The fraction of sp³-hybridized carbons (Fsp3) is 0.438. The highest BCUT2D eigenvalue weighted by Crippen LogP contribution is 2.32. The minimum absolute atomic E-state index is 0.144. The van der Waals surface area contributed by atoms with Crippen molar-refractivity contribution in [1.82, 2.24) is 9.88 Å². The highest BCUT2D eigenvalue weighted by atomic mass is 32.2. The van der Waals surface area contributed by atoms with Crippen LogP contribution < -0.4 is 5.32 Å². The maximum absolute atomic E-state index is 12.2. The molecule has 0 saturated heterocycles. The Hall–Kier alpha value is -1.66. The molecule has 1 unspecified atom stereocenters. The molecule has 2 rings (SSSR count). The molecule has 0 radical (unpaired) electrons. The summed E-state index contributed by atoms with van der Waals surface area (Å²) in [5.41, 5.74) is 1.75. The Morgan fingerprint density at radius 3 is 2.68 bits per heavy atom. The average molecular weight is 321 g/mol. The van der Waals surface area contributed by atoms with Crippen molar-refractivity contribution in [2.75, 3.05) is 25.9 Å². The van der Waals surface area contributed by atoms with E-state index in [0.29, 0.717) is 11.4 Å². The topological polar surface area (TPSA) is 63.5 Å². The molecule has 1 aromatic heterocycles. The van der Waals surface area contributed by atoms with Gasteiger partial charge >= 0.3 is 0 Å². The van der Waals surface area contributed by atoms with Crippen LogP contribution in [-0.4, -0.2) is 45.6 Å². The molecule has 0 saturated carbocycles. The Kier molecular flexibility index (Phi) is 5.03. The van der Waals surface area contributed by atoms with Crippen molar-refractivity contribution in [3.05, 3.63) is 30.0 Å². The maximum Gasteiger partial charge on any atom is 0.177 e. The molecule has 0 aliphatic rings. The number of para-hydroxylation sites is 1. The molecule has 0 aliphatic carbocycles. The van der Waals surface area contributed by atoms with Crippen molar-refractivity contribution in [1.29, 1.82) is 0 Å². The SMILES string of the molecule is C=NCCNCC(C)n1c(C)c(S(C)(=O)=O)c2ccccc21. The molecule has 5 nitrogen and oxygen atoms in total. The number of nitrogens with zero attached hydrogens (tertiary/aromatic N) is 2. The Labute approximate surface area is 132 Å². The first-order chi connectivity index (χ1) is 10.4. The van der Waals surface area contributed by atoms with Crippen LogP contribution in [0.4, 0.5) is 0 Å². The van der Waals surface area contributed by atoms with Crippen LogP contribution >= 0.6 is 0 Å². The summed E-state index contributed by atoms with van der Waals surface area (Å²) in [6.45, 7) is 9.61. The molecule has 0 fully saturated rings. The summed E-state index contributed by atoms with van der Waals surface area (Å²) in [4.78, 5) is 4.24. The summed E-state index contributed by atoms with van der Waals surface area (Å²) in [7, 11) is -3.27. The average Bonchev–Trinajstić information content (AvgIpc) is 2.75. The first-order valence-electron chi connectivity index (χ1n) is 7.30. The predicted molar refractivity (Wildman–Crippen MR) is 91.8 cm³/mol. The van der Waals surface area contributed by atoms with Crippen LogP contribution in [0.25, 0.3) is 10.9 Å². The molecule has 120 valence electrons. The van der Waals surface area contributed by atoms with Gasteiger partial charge in [-0.2, -0.15) is 0 Å². The number of aliphatic imine (C=N–C) groups is 1. The second-order valence-corrected chi connectivity index (χ2v) is 7.53. The predicted octanol–water partition coefficient (Wildman–Crippen LogP) is 2.20. The summed E-state index contributed by atoms with van der Waals surface area (Å²) < 4.78 is 26.4. The van der Waals surface area contributed by atoms with Gasteiger partial charge in [-0.3, -0.25) is 4.99 Å². The van der Waals surface area contributed by atoms with E-state index in [1.165, 1.54) is 6.26 Å². The lowest BCUT2D eigenvalue weighted by atomic mass is 10.2. The number of hydrogen-bond acceptors (Lipinski definition) is 4. The summed E-state index contributed by atoms with van der Waals surface area (Å²) in [6.07, 6.45) is 1.27. The summed E-state index contributed by atoms with van der Waals surface area (Å²) in [5.74, 6) is 0. The lowest BCUT2D eigenvalue weighted by Crippen LogP contribution is -2.26. The smallest absolute Gasteiger partial charge is 0.177 e. The zero-order chi connectivity index (χ0) is 16.3. The van der Waals surface area contributed by atoms with Crippen LogP contribution in [0.1, 0.15) is 18.7 Å². The quantitative estimate of drug-likeness (QED) is 0.628. The van der Waals surface area contributed by atoms with E-state index in [-0.39, 0.29) is 6.04 Å². The summed E-state index contributed by atoms with van der Waals surface area (Å²) in [5, 5.41) is 4.11. The molecule has 22 heavy (non-hydrogen) atoms. The number of sulfone groups is 1. The van der Waals surface area contributed by atoms with Crippen molar-refractivity contribution < 1.29 is 8.42 Å². The molecule has 0 amide bonds. The first-order valence-corrected chi connectivity index (χ1v) is 9.20. The normalized spacial score (nSPS) is 13.4. The van der Waals surface area contributed by atoms with E-state index in [9.17, 15) is 8.42 Å². The Morgan fingerprint density at radius 2 is 2.05 bits per heavy atom. The molecular weight excluding hydrogens is 298 g/mol. The van der Waals surface area contributed by atoms with E-state index >= 15 is 0 Å². The number of rotatable bonds is 7. The third-order valence-corrected chi connectivity index (χ3v) is 5.05. The van der Waals surface area contributed by atoms with E-state index in [1.54, 1.807) is 0 Å². The highest BCUT2D eigenvalue weighted by molar-refractivity contribution is 7.91. The molecule has 0 aliphatic heterocycles. The minimum atomic E-state index is -3.27. The minimum Gasteiger partial charge on any atom is -0.339 e. The monoisotopic (exact) mass is 321 g/mol. The molecule has 1 heterocycles. The van der Waals surface area contributed by atoms with Gasteiger partial charge in [0.05, 0.1) is 11.4 Å². The second kappa shape index (κ2) is 6.62. The second-order valence-electron chi connectivity index (χ2n) is 5.57. The van der Waals surface area contributed by atoms with Gasteiger partial charge < -0.3 is 9.88 Å². The van der Waals surface area contributed by atoms with E-state index < -0.39 is 9.84 Å². The third kappa shape index (κ3) is 3.23. The fourth-order valence-electron chi connectivity index (χ4n) is 2.96. The van der Waals surface area contributed by atoms with Gasteiger partial charge in [0.15, 0.2) is 9.84 Å². The van der Waals surface area contributed by atoms with Gasteiger partial charge in [0.2, 0.25) is 0 Å². The van der Waals surface area contributed by atoms with Gasteiger partial charge in [0, 0.05) is 42.0 Å². The van der Waals surface area contributed by atoms with Crippen molar-refractivity contribution >= 4 is 27.5 Å². The number of aromatic nitrogens is 1. The van der Waals surface area contributed by atoms with Crippen LogP contribution in [0.5, 0.6) is 0 Å². The van der Waals surface area contributed by atoms with Crippen molar-refractivity contribution in [3.63, 3.8) is 0 Å². The van der Waals surface area contributed by atoms with Crippen LogP contribution in [0.3, 0.4) is 0 Å². The van der Waals surface area contributed by atoms with Gasteiger partial charge in [-0.25, -0.2) is 8.42 Å². The van der Waals surface area contributed by atoms with E-state index in [2.05, 4.69) is 28.5 Å². The lowest BCUT2D eigenvalue weighted by Gasteiger charge is -2.18. The Morgan fingerprint density at radius 1 is 1.36 bits per heavy atom. The number of nitrogens with one attached hydrogen (secondary N) is 1. The Bertz CT molecular complexity index is 778. The molecule has 1 aromatic carbocycles. The van der Waals surface area contributed by atoms with E-state index in [0.717, 1.165) is 29.7 Å². The molecule has 2 aromatic rings. The molecule has 0 spiro atoms. The summed E-state index contributed by atoms with van der Waals surface area (Å²) >= 11 is 0. The van der Waals surface area contributed by atoms with Crippen molar-refractivity contribution in [3.8, 4) is 0 Å². The highest BCUT2D eigenvalue weighted by Gasteiger charge is 2.23. The number of benzene rings is 1.